The molecule has 0 aromatic rings. The van der Waals surface area contributed by atoms with E-state index < -0.39 is 0 Å². The first kappa shape index (κ1) is 44.1. The van der Waals surface area contributed by atoms with Crippen LogP contribution in [0.3, 0.4) is 0 Å². The fraction of sp³-hybridized carbons (Fsp3) is 0.886. The standard InChI is InChI=1S/C20H36N2O4.C10H21NO2.C5H11NO/c1-5-15(3)12-19(24)22-10-7-8-17(13-22)20(25)21-9-11-26-14-18(23)16(4)6-2;1-2-4-10(13)11-6-3-5-9(7-11)8-12;1-3-5(7)4-6-2/h15-17H,5-14H2,1-4H3,(H,21,25);9-10,12-13H,2-8H2,1H3;6H,3-4H2,1-2H3. The van der Waals surface area contributed by atoms with Gasteiger partial charge in [-0.2, -0.15) is 0 Å². The second-order valence-corrected chi connectivity index (χ2v) is 12.9. The molecule has 46 heavy (non-hydrogen) atoms. The lowest BCUT2D eigenvalue weighted by molar-refractivity contribution is -0.136. The fourth-order valence-corrected chi connectivity index (χ4v) is 5.20. The van der Waals surface area contributed by atoms with Crippen molar-refractivity contribution in [3.63, 3.8) is 0 Å². The SMILES string of the molecule is CCC(=O)CNC.CCC(C)CC(=O)N1CCCC(C(=O)NCCOCC(=O)C(C)CC)C1.CCCC(O)N1CCCC(CO)C1. The molecule has 2 saturated heterocycles. The van der Waals surface area contributed by atoms with Crippen LogP contribution in [0.2, 0.25) is 0 Å². The van der Waals surface area contributed by atoms with E-state index in [2.05, 4.69) is 36.3 Å². The largest absolute Gasteiger partial charge is 0.396 e. The number of Topliss-reactive ketones (excluding diaryl/α,β-unsaturated/α-hetero) is 2. The van der Waals surface area contributed by atoms with Gasteiger partial charge in [0.25, 0.3) is 0 Å². The minimum absolute atomic E-state index is 0.0192. The molecule has 0 aromatic heterocycles. The van der Waals surface area contributed by atoms with E-state index in [0.29, 0.717) is 50.9 Å². The van der Waals surface area contributed by atoms with Crippen LogP contribution >= 0.6 is 0 Å². The van der Waals surface area contributed by atoms with Gasteiger partial charge in [0.1, 0.15) is 18.6 Å². The van der Waals surface area contributed by atoms with E-state index in [4.69, 9.17) is 9.84 Å². The zero-order valence-electron chi connectivity index (χ0n) is 30.2. The summed E-state index contributed by atoms with van der Waals surface area (Å²) >= 11 is 0. The number of ether oxygens (including phenoxy) is 1. The molecule has 2 rings (SSSR count). The summed E-state index contributed by atoms with van der Waals surface area (Å²) in [6, 6.07) is 0. The molecule has 2 fully saturated rings. The number of hydrogen-bond donors (Lipinski definition) is 4. The average Bonchev–Trinajstić information content (AvgIpc) is 3.08. The Labute approximate surface area is 279 Å². The van der Waals surface area contributed by atoms with E-state index in [1.54, 1.807) is 7.05 Å². The van der Waals surface area contributed by atoms with Gasteiger partial charge in [0.05, 0.1) is 19.1 Å². The molecule has 0 saturated carbocycles. The van der Waals surface area contributed by atoms with Crippen LogP contribution in [-0.2, 0) is 23.9 Å². The van der Waals surface area contributed by atoms with Gasteiger partial charge >= 0.3 is 0 Å². The normalized spacial score (nSPS) is 20.2. The molecule has 2 aliphatic heterocycles. The second-order valence-electron chi connectivity index (χ2n) is 12.9. The predicted octanol–water partition coefficient (Wildman–Crippen LogP) is 3.40. The van der Waals surface area contributed by atoms with Gasteiger partial charge in [0, 0.05) is 58.1 Å². The summed E-state index contributed by atoms with van der Waals surface area (Å²) in [4.78, 5) is 50.6. The molecule has 0 aliphatic carbocycles. The van der Waals surface area contributed by atoms with Gasteiger partial charge in [0.15, 0.2) is 5.78 Å². The van der Waals surface area contributed by atoms with E-state index in [9.17, 15) is 24.3 Å². The Morgan fingerprint density at radius 2 is 1.67 bits per heavy atom. The molecule has 0 spiro atoms. The number of nitrogens with one attached hydrogen (secondary N) is 2. The highest BCUT2D eigenvalue weighted by Crippen LogP contribution is 2.20. The third-order valence-electron chi connectivity index (χ3n) is 8.86. The van der Waals surface area contributed by atoms with Crippen LogP contribution < -0.4 is 10.6 Å². The molecular weight excluding hydrogens is 588 g/mol. The maximum Gasteiger partial charge on any atom is 0.224 e. The maximum absolute atomic E-state index is 12.3. The first-order valence-corrected chi connectivity index (χ1v) is 17.8. The summed E-state index contributed by atoms with van der Waals surface area (Å²) in [7, 11) is 1.77. The summed E-state index contributed by atoms with van der Waals surface area (Å²) in [6.45, 7) is 16.7. The Morgan fingerprint density at radius 3 is 2.24 bits per heavy atom. The van der Waals surface area contributed by atoms with Gasteiger partial charge in [-0.05, 0) is 57.4 Å². The van der Waals surface area contributed by atoms with E-state index in [1.165, 1.54) is 0 Å². The van der Waals surface area contributed by atoms with Crippen molar-refractivity contribution < 1.29 is 34.1 Å². The predicted molar refractivity (Wildman–Crippen MR) is 183 cm³/mol. The molecule has 11 nitrogen and oxygen atoms in total. The summed E-state index contributed by atoms with van der Waals surface area (Å²) < 4.78 is 5.34. The number of amides is 2. The summed E-state index contributed by atoms with van der Waals surface area (Å²) in [6.07, 6.45) is 8.45. The van der Waals surface area contributed by atoms with Crippen molar-refractivity contribution in [3.05, 3.63) is 0 Å². The number of carbonyl (C=O) groups excluding carboxylic acids is 4. The van der Waals surface area contributed by atoms with Crippen LogP contribution in [0.1, 0.15) is 106 Å². The second kappa shape index (κ2) is 27.1. The molecule has 2 amide bonds. The molecule has 2 heterocycles. The molecule has 0 bridgehead atoms. The molecule has 11 heteroatoms. The number of aliphatic hydroxyl groups is 2. The molecule has 5 unspecified atom stereocenters. The van der Waals surface area contributed by atoms with Gasteiger partial charge < -0.3 is 30.5 Å². The highest BCUT2D eigenvalue weighted by Gasteiger charge is 2.28. The van der Waals surface area contributed by atoms with E-state index in [1.807, 2.05) is 25.7 Å². The molecule has 0 radical (unpaired) electrons. The highest BCUT2D eigenvalue weighted by atomic mass is 16.5. The lowest BCUT2D eigenvalue weighted by atomic mass is 9.96. The number of ketones is 2. The van der Waals surface area contributed by atoms with Crippen LogP contribution in [0.25, 0.3) is 0 Å². The Morgan fingerprint density at radius 1 is 0.978 bits per heavy atom. The molecule has 2 aliphatic rings. The lowest BCUT2D eigenvalue weighted by Crippen LogP contribution is -2.46. The van der Waals surface area contributed by atoms with Crippen molar-refractivity contribution in [2.75, 3.05) is 66.1 Å². The number of rotatable bonds is 18. The summed E-state index contributed by atoms with van der Waals surface area (Å²) in [5.41, 5.74) is 0. The topological polar surface area (TPSA) is 149 Å². The number of aliphatic hydroxyl groups excluding tert-OH is 2. The Bertz CT molecular complexity index is 844. The van der Waals surface area contributed by atoms with Gasteiger partial charge in [-0.15, -0.1) is 0 Å². The fourth-order valence-electron chi connectivity index (χ4n) is 5.20. The first-order chi connectivity index (χ1) is 22.0. The van der Waals surface area contributed by atoms with Gasteiger partial charge in [-0.3, -0.25) is 24.1 Å². The molecule has 270 valence electrons. The number of likely N-dealkylation sites (tertiary alicyclic amines) is 2. The van der Waals surface area contributed by atoms with Crippen molar-refractivity contribution in [3.8, 4) is 0 Å². The Hall–Kier alpha value is -1.92. The van der Waals surface area contributed by atoms with Crippen LogP contribution in [0, 0.1) is 23.7 Å². The van der Waals surface area contributed by atoms with Crippen molar-refractivity contribution >= 4 is 23.4 Å². The number of carbonyl (C=O) groups is 4. The van der Waals surface area contributed by atoms with Gasteiger partial charge in [-0.1, -0.05) is 54.4 Å². The molecule has 5 atom stereocenters. The Kier molecular flexibility index (Phi) is 25.9. The summed E-state index contributed by atoms with van der Waals surface area (Å²) in [5.74, 6) is 1.13. The lowest BCUT2D eigenvalue weighted by Gasteiger charge is -2.35. The van der Waals surface area contributed by atoms with Crippen molar-refractivity contribution in [2.24, 2.45) is 23.7 Å². The van der Waals surface area contributed by atoms with E-state index in [-0.39, 0.29) is 54.7 Å². The average molecular weight is 657 g/mol. The number of likely N-dealkylation sites (N-methyl/N-ethyl adjacent to an activating group) is 1. The molecule has 0 aromatic carbocycles. The Balaban J connectivity index is 0.000000832. The quantitative estimate of drug-likeness (QED) is 0.163. The highest BCUT2D eigenvalue weighted by molar-refractivity contribution is 5.82. The van der Waals surface area contributed by atoms with Crippen LogP contribution in [0.4, 0.5) is 0 Å². The summed E-state index contributed by atoms with van der Waals surface area (Å²) in [5, 5.41) is 24.4. The third-order valence-corrected chi connectivity index (χ3v) is 8.86. The van der Waals surface area contributed by atoms with E-state index >= 15 is 0 Å². The van der Waals surface area contributed by atoms with Crippen LogP contribution in [0.15, 0.2) is 0 Å². The van der Waals surface area contributed by atoms with E-state index in [0.717, 1.165) is 71.0 Å². The van der Waals surface area contributed by atoms with Crippen molar-refractivity contribution in [1.29, 1.82) is 0 Å². The number of hydrogen-bond acceptors (Lipinski definition) is 9. The van der Waals surface area contributed by atoms with Crippen LogP contribution in [-0.4, -0.2) is 116 Å². The minimum Gasteiger partial charge on any atom is -0.396 e. The van der Waals surface area contributed by atoms with Gasteiger partial charge in [-0.25, -0.2) is 0 Å². The zero-order valence-corrected chi connectivity index (χ0v) is 30.2. The molecular formula is C35H68N4O7. The first-order valence-electron chi connectivity index (χ1n) is 17.8. The maximum atomic E-state index is 12.3. The smallest absolute Gasteiger partial charge is 0.224 e. The number of piperidine rings is 2. The zero-order chi connectivity index (χ0) is 34.9. The monoisotopic (exact) mass is 657 g/mol. The van der Waals surface area contributed by atoms with Crippen LogP contribution in [0.5, 0.6) is 0 Å². The minimum atomic E-state index is -0.292. The van der Waals surface area contributed by atoms with Gasteiger partial charge in [0.2, 0.25) is 11.8 Å². The number of nitrogens with zero attached hydrogens (tertiary/aromatic N) is 2. The van der Waals surface area contributed by atoms with Crippen molar-refractivity contribution in [2.45, 2.75) is 112 Å². The third kappa shape index (κ3) is 19.7. The van der Waals surface area contributed by atoms with Crippen molar-refractivity contribution in [1.82, 2.24) is 20.4 Å². The molecule has 4 N–H and O–H groups in total.